The average Bonchev–Trinajstić information content (AvgIpc) is 2.46. The highest BCUT2D eigenvalue weighted by Gasteiger charge is 2.23. The van der Waals surface area contributed by atoms with Gasteiger partial charge in [0.25, 0.3) is 0 Å². The number of sulfonamides is 1. The molecule has 1 aromatic rings. The molecule has 0 aliphatic heterocycles. The van der Waals surface area contributed by atoms with Gasteiger partial charge >= 0.3 is 0 Å². The molecule has 9 heteroatoms. The molecule has 0 amide bonds. The third-order valence-corrected chi connectivity index (χ3v) is 7.50. The molecule has 0 unspecified atom stereocenters. The van der Waals surface area contributed by atoms with Crippen molar-refractivity contribution in [2.75, 3.05) is 18.4 Å². The summed E-state index contributed by atoms with van der Waals surface area (Å²) in [5.74, 6) is 0. The summed E-state index contributed by atoms with van der Waals surface area (Å²) in [7, 11) is -5.95. The maximum Gasteiger partial charge on any atom is 0.228 e. The molecule has 0 aromatic carbocycles. The van der Waals surface area contributed by atoms with Crippen molar-refractivity contribution in [1.82, 2.24) is 4.31 Å². The zero-order valence-electron chi connectivity index (χ0n) is 9.25. The molecule has 0 atom stereocenters. The maximum absolute atomic E-state index is 11.7. The molecule has 17 heavy (non-hydrogen) atoms. The Bertz CT molecular complexity index is 590. The molecule has 0 saturated heterocycles. The van der Waals surface area contributed by atoms with Crippen molar-refractivity contribution in [3.05, 3.63) is 20.8 Å². The molecule has 98 valence electrons. The van der Waals surface area contributed by atoms with Crippen LogP contribution in [0.3, 0.4) is 0 Å². The van der Waals surface area contributed by atoms with E-state index in [1.807, 2.05) is 5.38 Å². The van der Waals surface area contributed by atoms with Crippen molar-refractivity contribution < 1.29 is 16.8 Å². The van der Waals surface area contributed by atoms with E-state index in [1.54, 1.807) is 6.07 Å². The second-order valence-corrected chi connectivity index (χ2v) is 10.1. The number of nitrogens with zero attached hydrogens (tertiary/aromatic N) is 1. The fraction of sp³-hybridized carbons (Fsp3) is 0.500. The largest absolute Gasteiger partial charge is 0.228 e. The molecule has 0 fully saturated rings. The number of rotatable bonds is 5. The third kappa shape index (κ3) is 5.04. The van der Waals surface area contributed by atoms with E-state index >= 15 is 0 Å². The number of hydrogen-bond acceptors (Lipinski definition) is 5. The summed E-state index contributed by atoms with van der Waals surface area (Å²) in [5.41, 5.74) is 0. The lowest BCUT2D eigenvalue weighted by atomic mass is 10.5. The quantitative estimate of drug-likeness (QED) is 0.791. The summed E-state index contributed by atoms with van der Waals surface area (Å²) in [6, 6.07) is 1.80. The monoisotopic (exact) mass is 361 g/mol. The van der Waals surface area contributed by atoms with E-state index in [-0.39, 0.29) is 6.54 Å². The standard InChI is InChI=1S/C8H12BrNO4S3/c1-10(4-8-3-7(9)5-15-8)17(13,14)6-16(2,11)12/h3,5H,4,6H2,1-2H3. The van der Waals surface area contributed by atoms with Crippen molar-refractivity contribution in [2.45, 2.75) is 6.54 Å². The summed E-state index contributed by atoms with van der Waals surface area (Å²) >= 11 is 4.68. The van der Waals surface area contributed by atoms with Crippen LogP contribution >= 0.6 is 27.3 Å². The molecule has 0 radical (unpaired) electrons. The lowest BCUT2D eigenvalue weighted by Gasteiger charge is -2.15. The number of hydrogen-bond donors (Lipinski definition) is 0. The predicted octanol–water partition coefficient (Wildman–Crippen LogP) is 1.27. The summed E-state index contributed by atoms with van der Waals surface area (Å²) in [6.45, 7) is 0.175. The molecule has 0 aliphatic carbocycles. The minimum Gasteiger partial charge on any atom is -0.228 e. The molecule has 0 bridgehead atoms. The number of sulfone groups is 1. The SMILES string of the molecule is CN(Cc1cc(Br)cs1)S(=O)(=O)CS(C)(=O)=O. The van der Waals surface area contributed by atoms with Crippen molar-refractivity contribution in [2.24, 2.45) is 0 Å². The fourth-order valence-corrected chi connectivity index (χ4v) is 5.92. The van der Waals surface area contributed by atoms with Crippen LogP contribution < -0.4 is 0 Å². The van der Waals surface area contributed by atoms with Gasteiger partial charge in [-0.25, -0.2) is 16.8 Å². The van der Waals surface area contributed by atoms with E-state index in [4.69, 9.17) is 0 Å². The van der Waals surface area contributed by atoms with E-state index in [9.17, 15) is 16.8 Å². The molecular weight excluding hydrogens is 350 g/mol. The Morgan fingerprint density at radius 1 is 1.35 bits per heavy atom. The smallest absolute Gasteiger partial charge is 0.228 e. The van der Waals surface area contributed by atoms with Crippen molar-refractivity contribution in [1.29, 1.82) is 0 Å². The van der Waals surface area contributed by atoms with Crippen LogP contribution in [0, 0.1) is 0 Å². The van der Waals surface area contributed by atoms with E-state index < -0.39 is 24.9 Å². The van der Waals surface area contributed by atoms with Gasteiger partial charge in [-0.15, -0.1) is 11.3 Å². The molecule has 5 nitrogen and oxygen atoms in total. The maximum atomic E-state index is 11.7. The Hall–Kier alpha value is 0.0400. The normalized spacial score (nSPS) is 13.2. The first-order valence-electron chi connectivity index (χ1n) is 4.45. The van der Waals surface area contributed by atoms with Crippen LogP contribution in [0.15, 0.2) is 15.9 Å². The second-order valence-electron chi connectivity index (χ2n) is 3.64. The van der Waals surface area contributed by atoms with Crippen molar-refractivity contribution in [3.63, 3.8) is 0 Å². The Labute approximate surface area is 114 Å². The zero-order chi connectivity index (χ0) is 13.3. The molecule has 0 saturated carbocycles. The first-order chi connectivity index (χ1) is 7.60. The van der Waals surface area contributed by atoms with Gasteiger partial charge in [-0.3, -0.25) is 0 Å². The summed E-state index contributed by atoms with van der Waals surface area (Å²) in [5, 5.41) is 0.982. The minimum absolute atomic E-state index is 0.175. The van der Waals surface area contributed by atoms with E-state index in [0.29, 0.717) is 0 Å². The molecule has 0 spiro atoms. The summed E-state index contributed by atoms with van der Waals surface area (Å²) in [4.78, 5) is 0.844. The molecule has 0 aliphatic rings. The number of thiophene rings is 1. The van der Waals surface area contributed by atoms with Crippen LogP contribution in [0.5, 0.6) is 0 Å². The average molecular weight is 362 g/mol. The Balaban J connectivity index is 2.80. The topological polar surface area (TPSA) is 71.5 Å². The fourth-order valence-electron chi connectivity index (χ4n) is 1.12. The van der Waals surface area contributed by atoms with E-state index in [0.717, 1.165) is 19.9 Å². The zero-order valence-corrected chi connectivity index (χ0v) is 13.3. The highest BCUT2D eigenvalue weighted by Crippen LogP contribution is 2.21. The number of halogens is 1. The highest BCUT2D eigenvalue weighted by molar-refractivity contribution is 9.10. The Morgan fingerprint density at radius 2 is 1.94 bits per heavy atom. The van der Waals surface area contributed by atoms with Crippen LogP contribution in [0.4, 0.5) is 0 Å². The molecular formula is C8H12BrNO4S3. The van der Waals surface area contributed by atoms with Crippen molar-refractivity contribution >= 4 is 47.1 Å². The first-order valence-corrected chi connectivity index (χ1v) is 9.79. The molecule has 1 heterocycles. The van der Waals surface area contributed by atoms with Crippen molar-refractivity contribution in [3.8, 4) is 0 Å². The lowest BCUT2D eigenvalue weighted by molar-refractivity contribution is 0.473. The summed E-state index contributed by atoms with van der Waals surface area (Å²) in [6.07, 6.45) is 0.903. The summed E-state index contributed by atoms with van der Waals surface area (Å²) < 4.78 is 47.3. The molecule has 1 rings (SSSR count). The van der Waals surface area contributed by atoms with Gasteiger partial charge in [-0.2, -0.15) is 4.31 Å². The van der Waals surface area contributed by atoms with Crippen LogP contribution in [-0.2, 0) is 26.4 Å². The minimum atomic E-state index is -3.77. The van der Waals surface area contributed by atoms with E-state index in [2.05, 4.69) is 15.9 Å². The van der Waals surface area contributed by atoms with Crippen LogP contribution in [0.1, 0.15) is 4.88 Å². The third-order valence-electron chi connectivity index (χ3n) is 1.84. The Kier molecular flexibility index (Phi) is 4.75. The van der Waals surface area contributed by atoms with Gasteiger partial charge < -0.3 is 0 Å². The first kappa shape index (κ1) is 15.1. The van der Waals surface area contributed by atoms with Crippen LogP contribution in [-0.4, -0.2) is 39.5 Å². The van der Waals surface area contributed by atoms with Crippen LogP contribution in [0.2, 0.25) is 0 Å². The molecule has 0 N–H and O–H groups in total. The molecule has 1 aromatic heterocycles. The van der Waals surface area contributed by atoms with Gasteiger partial charge in [0.15, 0.2) is 14.9 Å². The van der Waals surface area contributed by atoms with E-state index in [1.165, 1.54) is 18.4 Å². The van der Waals surface area contributed by atoms with Gasteiger partial charge in [0.1, 0.15) is 0 Å². The predicted molar refractivity (Wildman–Crippen MR) is 72.1 cm³/mol. The van der Waals surface area contributed by atoms with Gasteiger partial charge in [0.2, 0.25) is 10.0 Å². The highest BCUT2D eigenvalue weighted by atomic mass is 79.9. The van der Waals surface area contributed by atoms with Gasteiger partial charge in [0, 0.05) is 34.6 Å². The van der Waals surface area contributed by atoms with Gasteiger partial charge in [-0.1, -0.05) is 0 Å². The second kappa shape index (κ2) is 5.35. The van der Waals surface area contributed by atoms with Gasteiger partial charge in [0.05, 0.1) is 0 Å². The van der Waals surface area contributed by atoms with Crippen LogP contribution in [0.25, 0.3) is 0 Å². The lowest BCUT2D eigenvalue weighted by Crippen LogP contribution is -2.31. The van der Waals surface area contributed by atoms with Gasteiger partial charge in [-0.05, 0) is 22.0 Å². The Morgan fingerprint density at radius 3 is 2.35 bits per heavy atom.